The lowest BCUT2D eigenvalue weighted by atomic mass is 9.99. The van der Waals surface area contributed by atoms with Crippen LogP contribution in [0.4, 0.5) is 0 Å². The molecule has 1 fully saturated rings. The molecular formula is C17H27NO2. The molecule has 1 aliphatic carbocycles. The van der Waals surface area contributed by atoms with Crippen molar-refractivity contribution < 1.29 is 9.84 Å². The van der Waals surface area contributed by atoms with Gasteiger partial charge in [0.2, 0.25) is 0 Å². The molecule has 3 heteroatoms. The molecule has 3 nitrogen and oxygen atoms in total. The second-order valence-electron chi connectivity index (χ2n) is 7.24. The van der Waals surface area contributed by atoms with Crippen molar-refractivity contribution in [1.82, 2.24) is 4.98 Å². The molecule has 1 aliphatic rings. The van der Waals surface area contributed by atoms with Gasteiger partial charge in [-0.15, -0.1) is 0 Å². The summed E-state index contributed by atoms with van der Waals surface area (Å²) in [7, 11) is 1.68. The summed E-state index contributed by atoms with van der Waals surface area (Å²) in [6.07, 6.45) is 2.08. The number of pyridine rings is 1. The molecule has 112 valence electrons. The lowest BCUT2D eigenvalue weighted by Crippen LogP contribution is -2.19. The molecule has 1 aromatic rings. The highest BCUT2D eigenvalue weighted by molar-refractivity contribution is 5.41. The van der Waals surface area contributed by atoms with Crippen molar-refractivity contribution in [3.8, 4) is 5.75 Å². The van der Waals surface area contributed by atoms with Crippen LogP contribution in [0.15, 0.2) is 6.20 Å². The molecule has 1 N–H and O–H groups in total. The van der Waals surface area contributed by atoms with E-state index in [4.69, 9.17) is 4.74 Å². The van der Waals surface area contributed by atoms with E-state index < -0.39 is 0 Å². The van der Waals surface area contributed by atoms with Crippen molar-refractivity contribution in [2.24, 2.45) is 16.7 Å². The van der Waals surface area contributed by atoms with Crippen LogP contribution in [-0.2, 0) is 6.42 Å². The number of aryl methyl sites for hydroxylation is 1. The highest BCUT2D eigenvalue weighted by Crippen LogP contribution is 2.69. The van der Waals surface area contributed by atoms with Gasteiger partial charge in [-0.25, -0.2) is 0 Å². The van der Waals surface area contributed by atoms with Gasteiger partial charge in [-0.2, -0.15) is 0 Å². The van der Waals surface area contributed by atoms with E-state index in [1.54, 1.807) is 7.11 Å². The van der Waals surface area contributed by atoms with Crippen LogP contribution in [0, 0.1) is 30.6 Å². The third-order valence-electron chi connectivity index (χ3n) is 5.67. The molecule has 0 spiro atoms. The molecule has 1 atom stereocenters. The standard InChI is InChI=1S/C17H27NO2/c1-10-9-18-12(11(2)14(10)20-7)8-13(19)15-16(3,4)17(15,5)6/h9,13,15,19H,8H2,1-7H3. The lowest BCUT2D eigenvalue weighted by molar-refractivity contribution is 0.128. The fourth-order valence-electron chi connectivity index (χ4n) is 3.80. The molecule has 0 aliphatic heterocycles. The SMILES string of the molecule is COc1c(C)cnc(CC(O)C2C(C)(C)C2(C)C)c1C. The Kier molecular flexibility index (Phi) is 3.62. The Morgan fingerprint density at radius 1 is 1.25 bits per heavy atom. The van der Waals surface area contributed by atoms with Gasteiger partial charge < -0.3 is 9.84 Å². The van der Waals surface area contributed by atoms with Crippen LogP contribution in [-0.4, -0.2) is 23.3 Å². The highest BCUT2D eigenvalue weighted by Gasteiger charge is 2.66. The molecule has 1 unspecified atom stereocenters. The van der Waals surface area contributed by atoms with E-state index in [0.29, 0.717) is 12.3 Å². The number of nitrogens with zero attached hydrogens (tertiary/aromatic N) is 1. The summed E-state index contributed by atoms with van der Waals surface area (Å²) in [5.74, 6) is 1.21. The van der Waals surface area contributed by atoms with E-state index in [1.807, 2.05) is 20.0 Å². The summed E-state index contributed by atoms with van der Waals surface area (Å²) in [6.45, 7) is 12.9. The highest BCUT2D eigenvalue weighted by atomic mass is 16.5. The molecule has 1 heterocycles. The Balaban J connectivity index is 2.20. The minimum atomic E-state index is -0.349. The zero-order valence-electron chi connectivity index (χ0n) is 13.7. The van der Waals surface area contributed by atoms with Gasteiger partial charge in [0, 0.05) is 29.4 Å². The summed E-state index contributed by atoms with van der Waals surface area (Å²) in [5, 5.41) is 10.6. The number of ether oxygens (including phenoxy) is 1. The fraction of sp³-hybridized carbons (Fsp3) is 0.706. The van der Waals surface area contributed by atoms with Gasteiger partial charge in [-0.05, 0) is 30.6 Å². The first-order chi connectivity index (χ1) is 9.14. The molecule has 1 saturated carbocycles. The van der Waals surface area contributed by atoms with Crippen LogP contribution in [0.5, 0.6) is 5.75 Å². The maximum absolute atomic E-state index is 10.6. The minimum Gasteiger partial charge on any atom is -0.496 e. The summed E-state index contributed by atoms with van der Waals surface area (Å²) in [6, 6.07) is 0. The second-order valence-corrected chi connectivity index (χ2v) is 7.24. The van der Waals surface area contributed by atoms with Gasteiger partial charge in [0.25, 0.3) is 0 Å². The molecule has 0 radical (unpaired) electrons. The van der Waals surface area contributed by atoms with E-state index in [-0.39, 0.29) is 16.9 Å². The predicted molar refractivity (Wildman–Crippen MR) is 81.0 cm³/mol. The smallest absolute Gasteiger partial charge is 0.128 e. The van der Waals surface area contributed by atoms with Crippen molar-refractivity contribution in [2.75, 3.05) is 7.11 Å². The first-order valence-electron chi connectivity index (χ1n) is 7.31. The Morgan fingerprint density at radius 2 is 1.80 bits per heavy atom. The van der Waals surface area contributed by atoms with Gasteiger partial charge in [-0.1, -0.05) is 27.7 Å². The van der Waals surface area contributed by atoms with Gasteiger partial charge >= 0.3 is 0 Å². The van der Waals surface area contributed by atoms with Crippen molar-refractivity contribution in [3.05, 3.63) is 23.0 Å². The summed E-state index contributed by atoms with van der Waals surface area (Å²) in [5.41, 5.74) is 3.40. The van der Waals surface area contributed by atoms with E-state index in [9.17, 15) is 5.11 Å². The molecule has 0 saturated heterocycles. The Labute approximate surface area is 122 Å². The normalized spacial score (nSPS) is 21.6. The third kappa shape index (κ3) is 2.12. The number of aromatic nitrogens is 1. The lowest BCUT2D eigenvalue weighted by Gasteiger charge is -2.16. The average Bonchev–Trinajstić information content (AvgIpc) is 2.74. The molecule has 0 bridgehead atoms. The summed E-state index contributed by atoms with van der Waals surface area (Å²) >= 11 is 0. The maximum atomic E-state index is 10.6. The molecule has 2 rings (SSSR count). The van der Waals surface area contributed by atoms with Crippen molar-refractivity contribution in [2.45, 2.75) is 54.1 Å². The number of methoxy groups -OCH3 is 1. The number of hydrogen-bond acceptors (Lipinski definition) is 3. The van der Waals surface area contributed by atoms with Crippen LogP contribution < -0.4 is 4.74 Å². The van der Waals surface area contributed by atoms with E-state index >= 15 is 0 Å². The number of aliphatic hydroxyl groups excluding tert-OH is 1. The Bertz CT molecular complexity index is 506. The monoisotopic (exact) mass is 277 g/mol. The van der Waals surface area contributed by atoms with E-state index in [0.717, 1.165) is 22.6 Å². The Morgan fingerprint density at radius 3 is 2.25 bits per heavy atom. The molecule has 20 heavy (non-hydrogen) atoms. The average molecular weight is 277 g/mol. The largest absolute Gasteiger partial charge is 0.496 e. The van der Waals surface area contributed by atoms with Crippen molar-refractivity contribution in [3.63, 3.8) is 0 Å². The molecule has 0 aromatic carbocycles. The van der Waals surface area contributed by atoms with Gasteiger partial charge in [0.05, 0.1) is 13.2 Å². The zero-order valence-corrected chi connectivity index (χ0v) is 13.7. The summed E-state index contributed by atoms with van der Waals surface area (Å²) < 4.78 is 5.43. The first-order valence-corrected chi connectivity index (χ1v) is 7.31. The topological polar surface area (TPSA) is 42.4 Å². The summed E-state index contributed by atoms with van der Waals surface area (Å²) in [4.78, 5) is 4.49. The Hall–Kier alpha value is -1.09. The molecular weight excluding hydrogens is 250 g/mol. The number of rotatable bonds is 4. The van der Waals surface area contributed by atoms with E-state index in [2.05, 4.69) is 32.7 Å². The molecule has 0 amide bonds. The number of hydrogen-bond donors (Lipinski definition) is 1. The number of aliphatic hydroxyl groups is 1. The van der Waals surface area contributed by atoms with Gasteiger partial charge in [-0.3, -0.25) is 4.98 Å². The predicted octanol–water partition coefficient (Wildman–Crippen LogP) is 3.29. The van der Waals surface area contributed by atoms with Crippen LogP contribution in [0.3, 0.4) is 0 Å². The second kappa shape index (κ2) is 4.73. The minimum absolute atomic E-state index is 0.190. The van der Waals surface area contributed by atoms with Gasteiger partial charge in [0.1, 0.15) is 5.75 Å². The first kappa shape index (κ1) is 15.3. The van der Waals surface area contributed by atoms with Crippen molar-refractivity contribution in [1.29, 1.82) is 0 Å². The zero-order chi connectivity index (χ0) is 15.3. The van der Waals surface area contributed by atoms with Crippen LogP contribution in [0.1, 0.15) is 44.5 Å². The maximum Gasteiger partial charge on any atom is 0.128 e. The third-order valence-corrected chi connectivity index (χ3v) is 5.67. The molecule has 1 aromatic heterocycles. The van der Waals surface area contributed by atoms with Crippen molar-refractivity contribution >= 4 is 0 Å². The van der Waals surface area contributed by atoms with Gasteiger partial charge in [0.15, 0.2) is 0 Å². The van der Waals surface area contributed by atoms with E-state index in [1.165, 1.54) is 0 Å². The van der Waals surface area contributed by atoms with Crippen LogP contribution in [0.25, 0.3) is 0 Å². The fourth-order valence-corrected chi connectivity index (χ4v) is 3.80. The quantitative estimate of drug-likeness (QED) is 0.918. The van der Waals surface area contributed by atoms with Crippen LogP contribution in [0.2, 0.25) is 0 Å². The van der Waals surface area contributed by atoms with Crippen LogP contribution >= 0.6 is 0 Å².